The summed E-state index contributed by atoms with van der Waals surface area (Å²) in [5.74, 6) is 0.994. The molecule has 5 nitrogen and oxygen atoms in total. The second-order valence-corrected chi connectivity index (χ2v) is 3.55. The molecule has 2 aromatic heterocycles. The van der Waals surface area contributed by atoms with Gasteiger partial charge in [0.25, 0.3) is 0 Å². The quantitative estimate of drug-likeness (QED) is 0.809. The molecule has 86 valence electrons. The van der Waals surface area contributed by atoms with Gasteiger partial charge in [0.1, 0.15) is 11.3 Å². The zero-order valence-corrected chi connectivity index (χ0v) is 9.60. The Labute approximate surface area is 94.5 Å². The van der Waals surface area contributed by atoms with Crippen LogP contribution in [0.25, 0.3) is 11.2 Å². The number of pyridine rings is 1. The summed E-state index contributed by atoms with van der Waals surface area (Å²) in [5.41, 5.74) is 1.86. The van der Waals surface area contributed by atoms with Gasteiger partial charge in [-0.3, -0.25) is 0 Å². The number of imidazole rings is 1. The predicted molar refractivity (Wildman–Crippen MR) is 62.2 cm³/mol. The van der Waals surface area contributed by atoms with E-state index in [0.717, 1.165) is 30.1 Å². The molecule has 0 aliphatic carbocycles. The first-order valence-electron chi connectivity index (χ1n) is 5.30. The summed E-state index contributed by atoms with van der Waals surface area (Å²) in [5, 5.41) is 3.11. The van der Waals surface area contributed by atoms with Crippen molar-refractivity contribution in [3.05, 3.63) is 24.2 Å². The second-order valence-electron chi connectivity index (χ2n) is 3.55. The third kappa shape index (κ3) is 2.05. The Morgan fingerprint density at radius 3 is 3.12 bits per heavy atom. The zero-order valence-electron chi connectivity index (χ0n) is 9.60. The summed E-state index contributed by atoms with van der Waals surface area (Å²) >= 11 is 0. The third-order valence-corrected chi connectivity index (χ3v) is 2.44. The first-order valence-corrected chi connectivity index (χ1v) is 5.30. The van der Waals surface area contributed by atoms with Gasteiger partial charge in [-0.15, -0.1) is 0 Å². The lowest BCUT2D eigenvalue weighted by molar-refractivity contribution is 0.187. The van der Waals surface area contributed by atoms with E-state index in [-0.39, 0.29) is 0 Å². The molecule has 0 aliphatic heterocycles. The number of hydrogen-bond acceptors (Lipinski definition) is 4. The van der Waals surface area contributed by atoms with Gasteiger partial charge in [-0.1, -0.05) is 0 Å². The molecular formula is C11H16N4O. The van der Waals surface area contributed by atoms with E-state index in [9.17, 15) is 0 Å². The fourth-order valence-corrected chi connectivity index (χ4v) is 1.72. The first kappa shape index (κ1) is 11.0. The van der Waals surface area contributed by atoms with Crippen LogP contribution < -0.4 is 5.32 Å². The van der Waals surface area contributed by atoms with E-state index in [2.05, 4.69) is 19.9 Å². The fourth-order valence-electron chi connectivity index (χ4n) is 1.72. The molecule has 16 heavy (non-hydrogen) atoms. The van der Waals surface area contributed by atoms with Gasteiger partial charge in [0.05, 0.1) is 13.2 Å². The van der Waals surface area contributed by atoms with Crippen LogP contribution in [0.15, 0.2) is 18.3 Å². The summed E-state index contributed by atoms with van der Waals surface area (Å²) in [7, 11) is 3.61. The molecular weight excluding hydrogens is 204 g/mol. The van der Waals surface area contributed by atoms with Crippen LogP contribution in [0, 0.1) is 0 Å². The number of aromatic nitrogens is 3. The van der Waals surface area contributed by atoms with Gasteiger partial charge in [-0.25, -0.2) is 9.97 Å². The van der Waals surface area contributed by atoms with E-state index in [1.165, 1.54) is 0 Å². The molecule has 0 radical (unpaired) electrons. The molecule has 1 N–H and O–H groups in total. The van der Waals surface area contributed by atoms with Crippen molar-refractivity contribution >= 4 is 11.2 Å². The van der Waals surface area contributed by atoms with Crippen LogP contribution in [-0.2, 0) is 17.8 Å². The van der Waals surface area contributed by atoms with Gasteiger partial charge in [0, 0.05) is 19.9 Å². The monoisotopic (exact) mass is 220 g/mol. The molecule has 2 aromatic rings. The normalized spacial score (nSPS) is 11.1. The molecule has 0 amide bonds. The van der Waals surface area contributed by atoms with Crippen molar-refractivity contribution in [3.63, 3.8) is 0 Å². The number of nitrogens with one attached hydrogen (secondary N) is 1. The molecule has 0 fully saturated rings. The van der Waals surface area contributed by atoms with Crippen LogP contribution in [0.3, 0.4) is 0 Å². The minimum absolute atomic E-state index is 0.665. The summed E-state index contributed by atoms with van der Waals surface area (Å²) in [6, 6.07) is 3.88. The van der Waals surface area contributed by atoms with E-state index in [1.807, 2.05) is 19.2 Å². The van der Waals surface area contributed by atoms with Crippen LogP contribution in [0.5, 0.6) is 0 Å². The van der Waals surface area contributed by atoms with Crippen LogP contribution in [0.4, 0.5) is 0 Å². The highest BCUT2D eigenvalue weighted by Gasteiger charge is 2.09. The minimum atomic E-state index is 0.665. The first-order chi connectivity index (χ1) is 7.86. The van der Waals surface area contributed by atoms with Crippen LogP contribution in [0.2, 0.25) is 0 Å². The number of methoxy groups -OCH3 is 1. The van der Waals surface area contributed by atoms with E-state index < -0.39 is 0 Å². The summed E-state index contributed by atoms with van der Waals surface area (Å²) < 4.78 is 7.19. The van der Waals surface area contributed by atoms with Crippen molar-refractivity contribution in [1.29, 1.82) is 0 Å². The second kappa shape index (κ2) is 5.05. The Balaban J connectivity index is 2.42. The molecule has 0 saturated carbocycles. The van der Waals surface area contributed by atoms with Crippen molar-refractivity contribution < 1.29 is 4.74 Å². The van der Waals surface area contributed by atoms with Crippen LogP contribution in [-0.4, -0.2) is 35.3 Å². The lowest BCUT2D eigenvalue weighted by Gasteiger charge is -2.07. The number of fused-ring (bicyclic) bond motifs is 1. The maximum Gasteiger partial charge on any atom is 0.160 e. The van der Waals surface area contributed by atoms with E-state index in [0.29, 0.717) is 6.61 Å². The molecule has 5 heteroatoms. The summed E-state index contributed by atoms with van der Waals surface area (Å²) in [6.07, 6.45) is 1.79. The predicted octanol–water partition coefficient (Wildman–Crippen LogP) is 0.797. The minimum Gasteiger partial charge on any atom is -0.383 e. The van der Waals surface area contributed by atoms with Gasteiger partial charge >= 0.3 is 0 Å². The van der Waals surface area contributed by atoms with Crippen molar-refractivity contribution in [2.24, 2.45) is 0 Å². The maximum absolute atomic E-state index is 5.10. The lowest BCUT2D eigenvalue weighted by Crippen LogP contribution is -2.14. The van der Waals surface area contributed by atoms with E-state index in [1.54, 1.807) is 13.3 Å². The van der Waals surface area contributed by atoms with Crippen molar-refractivity contribution in [2.45, 2.75) is 13.1 Å². The average Bonchev–Trinajstić information content (AvgIpc) is 2.65. The molecule has 0 spiro atoms. The highest BCUT2D eigenvalue weighted by atomic mass is 16.5. The van der Waals surface area contributed by atoms with E-state index >= 15 is 0 Å². The Morgan fingerprint density at radius 2 is 2.38 bits per heavy atom. The molecule has 0 aromatic carbocycles. The van der Waals surface area contributed by atoms with Crippen LogP contribution in [0.1, 0.15) is 5.82 Å². The Kier molecular flexibility index (Phi) is 3.48. The fraction of sp³-hybridized carbons (Fsp3) is 0.455. The maximum atomic E-state index is 5.10. The zero-order chi connectivity index (χ0) is 11.4. The molecule has 2 rings (SSSR count). The van der Waals surface area contributed by atoms with Crippen molar-refractivity contribution in [3.8, 4) is 0 Å². The number of ether oxygens (including phenoxy) is 1. The summed E-state index contributed by atoms with van der Waals surface area (Å²) in [4.78, 5) is 8.89. The lowest BCUT2D eigenvalue weighted by atomic mass is 10.4. The SMILES string of the molecule is CNCc1nc2cccnc2n1CCOC. The van der Waals surface area contributed by atoms with Gasteiger partial charge in [0.2, 0.25) is 0 Å². The Bertz CT molecular complexity index is 466. The van der Waals surface area contributed by atoms with Gasteiger partial charge in [-0.2, -0.15) is 0 Å². The number of hydrogen-bond donors (Lipinski definition) is 1. The molecule has 0 atom stereocenters. The molecule has 0 aliphatic rings. The highest BCUT2D eigenvalue weighted by Crippen LogP contribution is 2.13. The van der Waals surface area contributed by atoms with Gasteiger partial charge < -0.3 is 14.6 Å². The number of nitrogens with zero attached hydrogens (tertiary/aromatic N) is 3. The van der Waals surface area contributed by atoms with Gasteiger partial charge in [-0.05, 0) is 19.2 Å². The highest BCUT2D eigenvalue weighted by molar-refractivity contribution is 5.71. The third-order valence-electron chi connectivity index (χ3n) is 2.44. The smallest absolute Gasteiger partial charge is 0.160 e. The van der Waals surface area contributed by atoms with Crippen LogP contribution >= 0.6 is 0 Å². The largest absolute Gasteiger partial charge is 0.383 e. The van der Waals surface area contributed by atoms with Crippen molar-refractivity contribution in [1.82, 2.24) is 19.9 Å². The topological polar surface area (TPSA) is 52.0 Å². The van der Waals surface area contributed by atoms with Crippen molar-refractivity contribution in [2.75, 3.05) is 20.8 Å². The van der Waals surface area contributed by atoms with E-state index in [4.69, 9.17) is 4.74 Å². The summed E-state index contributed by atoms with van der Waals surface area (Å²) in [6.45, 7) is 2.18. The Hall–Kier alpha value is -1.46. The molecule has 0 unspecified atom stereocenters. The standard InChI is InChI=1S/C11H16N4O/c1-12-8-10-14-9-4-3-5-13-11(9)15(10)6-7-16-2/h3-5,12H,6-8H2,1-2H3. The Morgan fingerprint density at radius 1 is 1.50 bits per heavy atom. The molecule has 0 saturated heterocycles. The number of rotatable bonds is 5. The average molecular weight is 220 g/mol. The van der Waals surface area contributed by atoms with Gasteiger partial charge in [0.15, 0.2) is 5.65 Å². The molecule has 2 heterocycles. The molecule has 0 bridgehead atoms.